The minimum Gasteiger partial charge on any atom is -0.490 e. The number of hydrogen-bond donors (Lipinski definition) is 1. The first kappa shape index (κ1) is 27.7. The largest absolute Gasteiger partial charge is 0.490 e. The van der Waals surface area contributed by atoms with E-state index in [4.69, 9.17) is 9.47 Å². The van der Waals surface area contributed by atoms with Crippen LogP contribution in [0.15, 0.2) is 60.0 Å². The van der Waals surface area contributed by atoms with E-state index >= 15 is 0 Å². The van der Waals surface area contributed by atoms with E-state index in [1.54, 1.807) is 24.4 Å². The monoisotopic (exact) mass is 555 g/mol. The zero-order valence-electron chi connectivity index (χ0n) is 21.2. The highest BCUT2D eigenvalue weighted by Crippen LogP contribution is 2.45. The number of ether oxygens (including phenoxy) is 2. The SMILES string of the molecule is CCOC(=O)C1CC(C(=O)NCc2ccc(F)cc2)N(C(=O)c2cccs2)C1c1ccc(OC)c([N+](=O)[O-])c1. The number of benzene rings is 2. The number of thiophene rings is 1. The molecule has 1 aliphatic heterocycles. The third-order valence-corrected chi connectivity index (χ3v) is 7.33. The molecular weight excluding hydrogens is 529 g/mol. The van der Waals surface area contributed by atoms with E-state index < -0.39 is 46.5 Å². The van der Waals surface area contributed by atoms with Gasteiger partial charge in [0.25, 0.3) is 5.91 Å². The molecule has 10 nitrogen and oxygen atoms in total. The van der Waals surface area contributed by atoms with E-state index in [0.29, 0.717) is 16.0 Å². The van der Waals surface area contributed by atoms with Gasteiger partial charge in [-0.05, 0) is 54.1 Å². The number of carbonyl (C=O) groups is 3. The average molecular weight is 556 g/mol. The number of hydrogen-bond acceptors (Lipinski definition) is 8. The Labute approximate surface area is 227 Å². The van der Waals surface area contributed by atoms with Crippen LogP contribution >= 0.6 is 11.3 Å². The molecule has 204 valence electrons. The molecule has 39 heavy (non-hydrogen) atoms. The molecule has 1 aliphatic rings. The van der Waals surface area contributed by atoms with Gasteiger partial charge in [-0.15, -0.1) is 11.3 Å². The lowest BCUT2D eigenvalue weighted by Crippen LogP contribution is -2.46. The Bertz CT molecular complexity index is 1360. The number of nitrogens with one attached hydrogen (secondary N) is 1. The molecule has 0 bridgehead atoms. The maximum absolute atomic E-state index is 13.8. The van der Waals surface area contributed by atoms with Gasteiger partial charge in [0.05, 0.1) is 35.5 Å². The Morgan fingerprint density at radius 1 is 1.18 bits per heavy atom. The van der Waals surface area contributed by atoms with Crippen molar-refractivity contribution >= 4 is 34.8 Å². The standard InChI is InChI=1S/C27H26FN3O7S/c1-3-38-27(34)19-14-21(25(32)29-15-16-6-9-18(28)10-7-16)30(26(33)23-5-4-12-39-23)24(19)17-8-11-22(37-2)20(13-17)31(35)36/h4-13,19,21,24H,3,14-15H2,1-2H3,(H,29,32). The molecule has 1 fully saturated rings. The van der Waals surface area contributed by atoms with Gasteiger partial charge in [0.15, 0.2) is 5.75 Å². The number of nitrogens with zero attached hydrogens (tertiary/aromatic N) is 2. The molecule has 2 amide bonds. The molecule has 4 rings (SSSR count). The fraction of sp³-hybridized carbons (Fsp3) is 0.296. The van der Waals surface area contributed by atoms with E-state index in [-0.39, 0.29) is 31.0 Å². The van der Waals surface area contributed by atoms with Gasteiger partial charge in [-0.25, -0.2) is 4.39 Å². The molecule has 0 aliphatic carbocycles. The number of amides is 2. The van der Waals surface area contributed by atoms with Crippen molar-refractivity contribution in [3.8, 4) is 5.75 Å². The third-order valence-electron chi connectivity index (χ3n) is 6.47. The van der Waals surface area contributed by atoms with Crippen LogP contribution in [0.25, 0.3) is 0 Å². The fourth-order valence-electron chi connectivity index (χ4n) is 4.71. The third kappa shape index (κ3) is 5.90. The predicted molar refractivity (Wildman–Crippen MR) is 140 cm³/mol. The molecule has 12 heteroatoms. The highest BCUT2D eigenvalue weighted by atomic mass is 32.1. The van der Waals surface area contributed by atoms with E-state index in [1.807, 2.05) is 0 Å². The van der Waals surface area contributed by atoms with Crippen LogP contribution in [-0.2, 0) is 20.9 Å². The molecule has 0 radical (unpaired) electrons. The summed E-state index contributed by atoms with van der Waals surface area (Å²) in [6.45, 7) is 1.78. The topological polar surface area (TPSA) is 128 Å². The Balaban J connectivity index is 1.76. The van der Waals surface area contributed by atoms with Gasteiger partial charge in [-0.1, -0.05) is 24.3 Å². The number of nitro groups is 1. The summed E-state index contributed by atoms with van der Waals surface area (Å²) in [5, 5.41) is 16.2. The minimum atomic E-state index is -1.08. The summed E-state index contributed by atoms with van der Waals surface area (Å²) in [4.78, 5) is 53.2. The molecule has 2 aromatic carbocycles. The number of carbonyl (C=O) groups excluding carboxylic acids is 3. The van der Waals surface area contributed by atoms with Gasteiger partial charge in [-0.3, -0.25) is 24.5 Å². The first-order chi connectivity index (χ1) is 18.7. The van der Waals surface area contributed by atoms with Gasteiger partial charge in [0.1, 0.15) is 11.9 Å². The molecule has 3 aromatic rings. The summed E-state index contributed by atoms with van der Waals surface area (Å²) >= 11 is 1.17. The summed E-state index contributed by atoms with van der Waals surface area (Å²) in [6.07, 6.45) is -0.0598. The predicted octanol–water partition coefficient (Wildman–Crippen LogP) is 4.26. The van der Waals surface area contributed by atoms with Crippen LogP contribution in [0.4, 0.5) is 10.1 Å². The van der Waals surface area contributed by atoms with E-state index in [0.717, 1.165) is 0 Å². The Morgan fingerprint density at radius 3 is 2.54 bits per heavy atom. The summed E-state index contributed by atoms with van der Waals surface area (Å²) in [5.41, 5.74) is 0.591. The molecule has 1 saturated heterocycles. The molecular formula is C27H26FN3O7S. The van der Waals surface area contributed by atoms with Gasteiger partial charge < -0.3 is 19.7 Å². The lowest BCUT2D eigenvalue weighted by Gasteiger charge is -2.31. The number of halogens is 1. The zero-order valence-corrected chi connectivity index (χ0v) is 22.0. The summed E-state index contributed by atoms with van der Waals surface area (Å²) < 4.78 is 23.7. The van der Waals surface area contributed by atoms with Gasteiger partial charge in [0, 0.05) is 12.6 Å². The number of esters is 1. The maximum Gasteiger partial charge on any atom is 0.311 e. The first-order valence-corrected chi connectivity index (χ1v) is 13.0. The smallest absolute Gasteiger partial charge is 0.311 e. The normalized spacial score (nSPS) is 18.4. The number of methoxy groups -OCH3 is 1. The number of likely N-dealkylation sites (tertiary alicyclic amines) is 1. The van der Waals surface area contributed by atoms with Crippen molar-refractivity contribution in [2.45, 2.75) is 32.0 Å². The van der Waals surface area contributed by atoms with Gasteiger partial charge in [0.2, 0.25) is 5.91 Å². The molecule has 3 unspecified atom stereocenters. The Morgan fingerprint density at radius 2 is 1.92 bits per heavy atom. The van der Waals surface area contributed by atoms with Crippen LogP contribution in [0.2, 0.25) is 0 Å². The lowest BCUT2D eigenvalue weighted by atomic mass is 9.92. The first-order valence-electron chi connectivity index (χ1n) is 12.1. The van der Waals surface area contributed by atoms with Crippen LogP contribution in [-0.4, -0.2) is 47.4 Å². The highest BCUT2D eigenvalue weighted by Gasteiger charge is 2.51. The second kappa shape index (κ2) is 12.0. The maximum atomic E-state index is 13.8. The Hall–Kier alpha value is -4.32. The molecule has 2 heterocycles. The van der Waals surface area contributed by atoms with Crippen molar-refractivity contribution in [2.75, 3.05) is 13.7 Å². The van der Waals surface area contributed by atoms with E-state index in [9.17, 15) is 28.9 Å². The molecule has 1 N–H and O–H groups in total. The lowest BCUT2D eigenvalue weighted by molar-refractivity contribution is -0.385. The molecule has 0 spiro atoms. The van der Waals surface area contributed by atoms with E-state index in [2.05, 4.69) is 5.32 Å². The molecule has 0 saturated carbocycles. The van der Waals surface area contributed by atoms with Crippen LogP contribution in [0.1, 0.15) is 40.2 Å². The van der Waals surface area contributed by atoms with Crippen molar-refractivity contribution in [1.29, 1.82) is 0 Å². The van der Waals surface area contributed by atoms with Crippen molar-refractivity contribution in [3.63, 3.8) is 0 Å². The highest BCUT2D eigenvalue weighted by molar-refractivity contribution is 7.12. The molecule has 1 aromatic heterocycles. The minimum absolute atomic E-state index is 0.0131. The number of rotatable bonds is 9. The van der Waals surface area contributed by atoms with Crippen LogP contribution in [0, 0.1) is 21.8 Å². The van der Waals surface area contributed by atoms with Gasteiger partial charge in [-0.2, -0.15) is 0 Å². The summed E-state index contributed by atoms with van der Waals surface area (Å²) in [7, 11) is 1.30. The Kier molecular flexibility index (Phi) is 8.55. The van der Waals surface area contributed by atoms with Crippen LogP contribution in [0.3, 0.4) is 0 Å². The average Bonchev–Trinajstić information content (AvgIpc) is 3.61. The van der Waals surface area contributed by atoms with Crippen molar-refractivity contribution < 1.29 is 33.2 Å². The second-order valence-corrected chi connectivity index (χ2v) is 9.72. The second-order valence-electron chi connectivity index (χ2n) is 8.78. The van der Waals surface area contributed by atoms with Crippen molar-refractivity contribution in [1.82, 2.24) is 10.2 Å². The quantitative estimate of drug-likeness (QED) is 0.237. The van der Waals surface area contributed by atoms with Crippen LogP contribution < -0.4 is 10.1 Å². The van der Waals surface area contributed by atoms with E-state index in [1.165, 1.54) is 65.8 Å². The summed E-state index contributed by atoms with van der Waals surface area (Å²) in [6, 6.07) is 11.0. The zero-order chi connectivity index (χ0) is 28.1. The van der Waals surface area contributed by atoms with Crippen molar-refractivity contribution in [2.24, 2.45) is 5.92 Å². The van der Waals surface area contributed by atoms with Crippen LogP contribution in [0.5, 0.6) is 5.75 Å². The number of nitro benzene ring substituents is 1. The summed E-state index contributed by atoms with van der Waals surface area (Å²) in [5.74, 6) is -3.02. The fourth-order valence-corrected chi connectivity index (χ4v) is 5.38. The molecule has 3 atom stereocenters. The van der Waals surface area contributed by atoms with Gasteiger partial charge >= 0.3 is 11.7 Å². The van der Waals surface area contributed by atoms with Crippen molar-refractivity contribution in [3.05, 3.63) is 91.9 Å².